The van der Waals surface area contributed by atoms with Crippen LogP contribution >= 0.6 is 0 Å². The van der Waals surface area contributed by atoms with E-state index in [0.29, 0.717) is 0 Å². The van der Waals surface area contributed by atoms with Crippen molar-refractivity contribution in [2.45, 2.75) is 30.7 Å². The van der Waals surface area contributed by atoms with E-state index in [-0.39, 0.29) is 11.3 Å². The highest BCUT2D eigenvalue weighted by Gasteiger charge is 2.45. The summed E-state index contributed by atoms with van der Waals surface area (Å²) in [5, 5.41) is 48.1. The van der Waals surface area contributed by atoms with Crippen molar-refractivity contribution in [1.82, 2.24) is 0 Å². The third kappa shape index (κ3) is 3.38. The van der Waals surface area contributed by atoms with E-state index in [9.17, 15) is 25.2 Å². The van der Waals surface area contributed by atoms with Crippen molar-refractivity contribution in [3.8, 4) is 11.5 Å². The van der Waals surface area contributed by atoms with E-state index in [4.69, 9.17) is 19.3 Å². The lowest BCUT2D eigenvalue weighted by Crippen LogP contribution is -2.59. The first-order valence-electron chi connectivity index (χ1n) is 6.78. The molecule has 9 nitrogen and oxygen atoms in total. The summed E-state index contributed by atoms with van der Waals surface area (Å²) < 4.78 is 14.8. The summed E-state index contributed by atoms with van der Waals surface area (Å²) in [6, 6.07) is 4.15. The fourth-order valence-electron chi connectivity index (χ4n) is 2.19. The van der Waals surface area contributed by atoms with Crippen LogP contribution in [0.5, 0.6) is 11.5 Å². The summed E-state index contributed by atoms with van der Waals surface area (Å²) in [5.41, 5.74) is -0.235. The van der Waals surface area contributed by atoms with Gasteiger partial charge < -0.3 is 39.7 Å². The van der Waals surface area contributed by atoms with Gasteiger partial charge in [0.25, 0.3) is 0 Å². The van der Waals surface area contributed by atoms with Crippen molar-refractivity contribution in [2.24, 2.45) is 0 Å². The summed E-state index contributed by atoms with van der Waals surface area (Å²) in [7, 11) is 1.31. The number of esters is 1. The zero-order valence-corrected chi connectivity index (χ0v) is 12.2. The number of rotatable bonds is 4. The lowest BCUT2D eigenvalue weighted by atomic mass is 9.99. The molecule has 0 bridgehead atoms. The SMILES string of the molecule is COc1cccc(C(=O)OC2OC(CO)C(O)C(O)C2O)c1O. The van der Waals surface area contributed by atoms with Crippen molar-refractivity contribution in [3.63, 3.8) is 0 Å². The molecular formula is C14H18O9. The van der Waals surface area contributed by atoms with Crippen LogP contribution in [-0.4, -0.2) is 75.9 Å². The Bertz CT molecular complexity index is 559. The van der Waals surface area contributed by atoms with E-state index in [1.807, 2.05) is 0 Å². The highest BCUT2D eigenvalue weighted by atomic mass is 16.7. The molecule has 1 heterocycles. The number of hydrogen-bond donors (Lipinski definition) is 5. The monoisotopic (exact) mass is 330 g/mol. The van der Waals surface area contributed by atoms with Gasteiger partial charge >= 0.3 is 5.97 Å². The largest absolute Gasteiger partial charge is 0.504 e. The second-order valence-electron chi connectivity index (χ2n) is 4.96. The average Bonchev–Trinajstić information content (AvgIpc) is 2.55. The lowest BCUT2D eigenvalue weighted by Gasteiger charge is -2.39. The van der Waals surface area contributed by atoms with Crippen LogP contribution in [0.2, 0.25) is 0 Å². The fraction of sp³-hybridized carbons (Fsp3) is 0.500. The Balaban J connectivity index is 2.16. The van der Waals surface area contributed by atoms with Gasteiger partial charge in [-0.15, -0.1) is 0 Å². The van der Waals surface area contributed by atoms with Crippen LogP contribution in [0, 0.1) is 0 Å². The van der Waals surface area contributed by atoms with Gasteiger partial charge in [-0.3, -0.25) is 0 Å². The van der Waals surface area contributed by atoms with Gasteiger partial charge in [-0.2, -0.15) is 0 Å². The molecule has 0 spiro atoms. The number of aliphatic hydroxyl groups excluding tert-OH is 4. The number of para-hydroxylation sites is 1. The van der Waals surface area contributed by atoms with E-state index in [2.05, 4.69) is 0 Å². The molecule has 9 heteroatoms. The molecule has 1 aliphatic rings. The van der Waals surface area contributed by atoms with Crippen molar-refractivity contribution in [2.75, 3.05) is 13.7 Å². The van der Waals surface area contributed by atoms with E-state index in [1.54, 1.807) is 0 Å². The second kappa shape index (κ2) is 7.11. The Kier molecular flexibility index (Phi) is 5.39. The molecule has 1 aromatic carbocycles. The number of hydrogen-bond acceptors (Lipinski definition) is 9. The molecule has 0 radical (unpaired) electrons. The molecule has 5 atom stereocenters. The van der Waals surface area contributed by atoms with E-state index >= 15 is 0 Å². The Hall–Kier alpha value is -1.91. The number of carbonyl (C=O) groups is 1. The third-order valence-electron chi connectivity index (χ3n) is 3.51. The number of ether oxygens (including phenoxy) is 3. The fourth-order valence-corrected chi connectivity index (χ4v) is 2.19. The molecule has 23 heavy (non-hydrogen) atoms. The number of carbonyl (C=O) groups excluding carboxylic acids is 1. The Morgan fingerprint density at radius 2 is 1.91 bits per heavy atom. The smallest absolute Gasteiger partial charge is 0.344 e. The normalized spacial score (nSPS) is 30.7. The summed E-state index contributed by atoms with van der Waals surface area (Å²) in [5.74, 6) is -1.44. The molecule has 0 saturated carbocycles. The van der Waals surface area contributed by atoms with Gasteiger partial charge in [0.1, 0.15) is 30.0 Å². The van der Waals surface area contributed by atoms with Gasteiger partial charge in [-0.1, -0.05) is 6.07 Å². The Morgan fingerprint density at radius 1 is 1.22 bits per heavy atom. The van der Waals surface area contributed by atoms with Gasteiger partial charge in [-0.05, 0) is 12.1 Å². The molecule has 2 rings (SSSR count). The Morgan fingerprint density at radius 3 is 2.52 bits per heavy atom. The molecule has 5 N–H and O–H groups in total. The number of methoxy groups -OCH3 is 1. The summed E-state index contributed by atoms with van der Waals surface area (Å²) >= 11 is 0. The number of benzene rings is 1. The predicted octanol–water partition coefficient (Wildman–Crippen LogP) is -1.64. The zero-order valence-electron chi connectivity index (χ0n) is 12.2. The number of aliphatic hydroxyl groups is 4. The first kappa shape index (κ1) is 17.4. The maximum absolute atomic E-state index is 12.1. The summed E-state index contributed by atoms with van der Waals surface area (Å²) in [6.45, 7) is -0.649. The number of aromatic hydroxyl groups is 1. The molecular weight excluding hydrogens is 312 g/mol. The molecule has 5 unspecified atom stereocenters. The predicted molar refractivity (Wildman–Crippen MR) is 73.8 cm³/mol. The van der Waals surface area contributed by atoms with Gasteiger partial charge in [0.2, 0.25) is 6.29 Å². The maximum atomic E-state index is 12.1. The zero-order chi connectivity index (χ0) is 17.1. The van der Waals surface area contributed by atoms with E-state index in [1.165, 1.54) is 25.3 Å². The van der Waals surface area contributed by atoms with E-state index in [0.717, 1.165) is 0 Å². The second-order valence-corrected chi connectivity index (χ2v) is 4.96. The molecule has 1 saturated heterocycles. The van der Waals surface area contributed by atoms with Crippen LogP contribution in [0.15, 0.2) is 18.2 Å². The van der Waals surface area contributed by atoms with Crippen LogP contribution in [0.4, 0.5) is 0 Å². The topological polar surface area (TPSA) is 146 Å². The van der Waals surface area contributed by atoms with Gasteiger partial charge in [0, 0.05) is 0 Å². The maximum Gasteiger partial charge on any atom is 0.344 e. The first-order chi connectivity index (χ1) is 10.9. The van der Waals surface area contributed by atoms with Crippen LogP contribution < -0.4 is 4.74 Å². The third-order valence-corrected chi connectivity index (χ3v) is 3.51. The first-order valence-corrected chi connectivity index (χ1v) is 6.78. The minimum Gasteiger partial charge on any atom is -0.504 e. The highest BCUT2D eigenvalue weighted by Crippen LogP contribution is 2.31. The molecule has 1 fully saturated rings. The number of phenolic OH excluding ortho intramolecular Hbond substituents is 1. The van der Waals surface area contributed by atoms with Crippen LogP contribution in [0.3, 0.4) is 0 Å². The molecule has 0 aliphatic carbocycles. The Labute approximate surface area is 131 Å². The van der Waals surface area contributed by atoms with Crippen molar-refractivity contribution in [3.05, 3.63) is 23.8 Å². The van der Waals surface area contributed by atoms with E-state index < -0.39 is 49.0 Å². The van der Waals surface area contributed by atoms with Crippen molar-refractivity contribution >= 4 is 5.97 Å². The summed E-state index contributed by atoms with van der Waals surface area (Å²) in [4.78, 5) is 12.1. The summed E-state index contributed by atoms with van der Waals surface area (Å²) in [6.07, 6.45) is -7.77. The molecule has 1 aromatic rings. The van der Waals surface area contributed by atoms with Gasteiger partial charge in [0.05, 0.1) is 13.7 Å². The molecule has 0 amide bonds. The molecule has 1 aliphatic heterocycles. The van der Waals surface area contributed by atoms with Gasteiger partial charge in [0.15, 0.2) is 11.5 Å². The van der Waals surface area contributed by atoms with Crippen molar-refractivity contribution in [1.29, 1.82) is 0 Å². The highest BCUT2D eigenvalue weighted by molar-refractivity contribution is 5.93. The van der Waals surface area contributed by atoms with Crippen LogP contribution in [-0.2, 0) is 9.47 Å². The minimum atomic E-state index is -1.72. The lowest BCUT2D eigenvalue weighted by molar-refractivity contribution is -0.285. The van der Waals surface area contributed by atoms with Crippen LogP contribution in [0.25, 0.3) is 0 Å². The number of phenols is 1. The molecule has 128 valence electrons. The molecule has 0 aromatic heterocycles. The average molecular weight is 330 g/mol. The van der Waals surface area contributed by atoms with Gasteiger partial charge in [-0.25, -0.2) is 4.79 Å². The quantitative estimate of drug-likeness (QED) is 0.410. The van der Waals surface area contributed by atoms with Crippen molar-refractivity contribution < 1.29 is 44.5 Å². The standard InChI is InChI=1S/C14H18O9/c1-21-7-4-2-3-6(9(7)16)13(20)23-14-12(19)11(18)10(17)8(5-15)22-14/h2-4,8,10-12,14-19H,5H2,1H3. The minimum absolute atomic E-state index is 0.0493. The van der Waals surface area contributed by atoms with Crippen LogP contribution in [0.1, 0.15) is 10.4 Å².